The van der Waals surface area contributed by atoms with E-state index in [9.17, 15) is 0 Å². The first-order valence-electron chi connectivity index (χ1n) is 8.47. The van der Waals surface area contributed by atoms with Crippen molar-refractivity contribution in [3.05, 3.63) is 71.6 Å². The zero-order chi connectivity index (χ0) is 16.4. The van der Waals surface area contributed by atoms with Gasteiger partial charge in [-0.25, -0.2) is 0 Å². The molecule has 0 amide bonds. The van der Waals surface area contributed by atoms with Gasteiger partial charge in [-0.1, -0.05) is 66.2 Å². The van der Waals surface area contributed by atoms with Gasteiger partial charge in [0.2, 0.25) is 11.7 Å². The molecule has 0 spiro atoms. The van der Waals surface area contributed by atoms with Crippen molar-refractivity contribution in [3.8, 4) is 11.4 Å². The van der Waals surface area contributed by atoms with Gasteiger partial charge in [-0.3, -0.25) is 0 Å². The summed E-state index contributed by atoms with van der Waals surface area (Å²) in [6.07, 6.45) is 4.39. The quantitative estimate of drug-likeness (QED) is 0.741. The molecule has 1 saturated carbocycles. The average molecular weight is 356 g/mol. The van der Waals surface area contributed by atoms with E-state index in [4.69, 9.17) is 15.2 Å². The highest BCUT2D eigenvalue weighted by molar-refractivity contribution is 5.85. The van der Waals surface area contributed by atoms with Crippen LogP contribution in [-0.2, 0) is 18.4 Å². The molecule has 1 aliphatic carbocycles. The van der Waals surface area contributed by atoms with Crippen LogP contribution in [0.1, 0.15) is 36.3 Å². The third-order valence-corrected chi connectivity index (χ3v) is 5.02. The molecule has 130 valence electrons. The van der Waals surface area contributed by atoms with Crippen LogP contribution in [0.2, 0.25) is 0 Å². The molecule has 1 aliphatic rings. The van der Waals surface area contributed by atoms with Crippen LogP contribution in [0.3, 0.4) is 0 Å². The second-order valence-corrected chi connectivity index (χ2v) is 6.62. The van der Waals surface area contributed by atoms with Crippen LogP contribution >= 0.6 is 12.4 Å². The second kappa shape index (κ2) is 7.38. The maximum Gasteiger partial charge on any atom is 0.233 e. The lowest BCUT2D eigenvalue weighted by molar-refractivity contribution is 0.173. The molecule has 3 aromatic rings. The van der Waals surface area contributed by atoms with Crippen LogP contribution in [-0.4, -0.2) is 10.1 Å². The molecule has 0 aliphatic heterocycles. The standard InChI is InChI=1S/C20H21N3O.ClH/c21-14-16-7-9-17(10-8-16)18-22-19(24-23-18)20(11-4-12-20)13-15-5-2-1-3-6-15;/h1-3,5-10H,4,11-14,21H2;1H. The van der Waals surface area contributed by atoms with Gasteiger partial charge in [-0.2, -0.15) is 4.98 Å². The minimum absolute atomic E-state index is 0. The number of aromatic nitrogens is 2. The van der Waals surface area contributed by atoms with Crippen LogP contribution in [0, 0.1) is 0 Å². The number of benzene rings is 2. The molecule has 1 heterocycles. The van der Waals surface area contributed by atoms with Crippen molar-refractivity contribution in [2.24, 2.45) is 5.73 Å². The summed E-state index contributed by atoms with van der Waals surface area (Å²) in [4.78, 5) is 4.72. The topological polar surface area (TPSA) is 64.9 Å². The Morgan fingerprint density at radius 2 is 1.68 bits per heavy atom. The zero-order valence-corrected chi connectivity index (χ0v) is 14.8. The summed E-state index contributed by atoms with van der Waals surface area (Å²) in [5, 5.41) is 4.21. The first-order chi connectivity index (χ1) is 11.8. The van der Waals surface area contributed by atoms with Crippen molar-refractivity contribution in [1.82, 2.24) is 10.1 Å². The van der Waals surface area contributed by atoms with Gasteiger partial charge >= 0.3 is 0 Å². The molecule has 1 fully saturated rings. The molecule has 4 rings (SSSR count). The Balaban J connectivity index is 0.00000182. The molecule has 0 atom stereocenters. The summed E-state index contributed by atoms with van der Waals surface area (Å²) in [6, 6.07) is 18.6. The van der Waals surface area contributed by atoms with Crippen LogP contribution in [0.25, 0.3) is 11.4 Å². The van der Waals surface area contributed by atoms with Gasteiger partial charge < -0.3 is 10.3 Å². The first kappa shape index (κ1) is 17.6. The summed E-state index contributed by atoms with van der Waals surface area (Å²) in [6.45, 7) is 0.540. The van der Waals surface area contributed by atoms with Crippen LogP contribution in [0.5, 0.6) is 0 Å². The summed E-state index contributed by atoms with van der Waals surface area (Å²) in [5.41, 5.74) is 9.04. The minimum Gasteiger partial charge on any atom is -0.338 e. The molecule has 2 N–H and O–H groups in total. The van der Waals surface area contributed by atoms with Gasteiger partial charge in [-0.05, 0) is 30.4 Å². The van der Waals surface area contributed by atoms with Gasteiger partial charge in [-0.15, -0.1) is 12.4 Å². The van der Waals surface area contributed by atoms with E-state index in [1.165, 1.54) is 12.0 Å². The number of nitrogens with zero attached hydrogens (tertiary/aromatic N) is 2. The van der Waals surface area contributed by atoms with Crippen LogP contribution in [0.4, 0.5) is 0 Å². The third kappa shape index (κ3) is 3.46. The van der Waals surface area contributed by atoms with E-state index in [1.807, 2.05) is 30.3 Å². The molecule has 0 saturated heterocycles. The van der Waals surface area contributed by atoms with Gasteiger partial charge in [0, 0.05) is 12.1 Å². The largest absolute Gasteiger partial charge is 0.338 e. The molecule has 1 aromatic heterocycles. The average Bonchev–Trinajstić information content (AvgIpc) is 3.09. The van der Waals surface area contributed by atoms with Gasteiger partial charge in [0.05, 0.1) is 5.41 Å². The van der Waals surface area contributed by atoms with E-state index in [2.05, 4.69) is 29.4 Å². The molecule has 0 radical (unpaired) electrons. The van der Waals surface area contributed by atoms with Gasteiger partial charge in [0.1, 0.15) is 0 Å². The Hall–Kier alpha value is -2.17. The fourth-order valence-electron chi connectivity index (χ4n) is 3.40. The monoisotopic (exact) mass is 355 g/mol. The van der Waals surface area contributed by atoms with Crippen molar-refractivity contribution in [1.29, 1.82) is 0 Å². The van der Waals surface area contributed by atoms with Crippen LogP contribution in [0.15, 0.2) is 59.1 Å². The van der Waals surface area contributed by atoms with Crippen molar-refractivity contribution in [2.45, 2.75) is 37.6 Å². The summed E-state index contributed by atoms with van der Waals surface area (Å²) in [7, 11) is 0. The Labute approximate surface area is 153 Å². The van der Waals surface area contributed by atoms with Crippen molar-refractivity contribution < 1.29 is 4.52 Å². The number of nitrogens with two attached hydrogens (primary N) is 1. The van der Waals surface area contributed by atoms with E-state index in [0.717, 1.165) is 36.3 Å². The highest BCUT2D eigenvalue weighted by atomic mass is 35.5. The number of rotatable bonds is 5. The highest BCUT2D eigenvalue weighted by Gasteiger charge is 2.43. The van der Waals surface area contributed by atoms with E-state index < -0.39 is 0 Å². The molecule has 0 bridgehead atoms. The number of halogens is 1. The van der Waals surface area contributed by atoms with Crippen molar-refractivity contribution in [3.63, 3.8) is 0 Å². The van der Waals surface area contributed by atoms with E-state index in [-0.39, 0.29) is 17.8 Å². The molecular weight excluding hydrogens is 334 g/mol. The SMILES string of the molecule is Cl.NCc1ccc(-c2noc(C3(Cc4ccccc4)CCC3)n2)cc1. The highest BCUT2D eigenvalue weighted by Crippen LogP contribution is 2.45. The maximum atomic E-state index is 5.67. The molecule has 5 heteroatoms. The summed E-state index contributed by atoms with van der Waals surface area (Å²) in [5.74, 6) is 1.43. The Morgan fingerprint density at radius 3 is 2.28 bits per heavy atom. The third-order valence-electron chi connectivity index (χ3n) is 5.02. The maximum absolute atomic E-state index is 5.67. The smallest absolute Gasteiger partial charge is 0.233 e. The molecule has 4 nitrogen and oxygen atoms in total. The minimum atomic E-state index is 0. The second-order valence-electron chi connectivity index (χ2n) is 6.62. The van der Waals surface area contributed by atoms with Gasteiger partial charge in [0.25, 0.3) is 0 Å². The van der Waals surface area contributed by atoms with E-state index >= 15 is 0 Å². The zero-order valence-electron chi connectivity index (χ0n) is 14.0. The van der Waals surface area contributed by atoms with Crippen LogP contribution < -0.4 is 5.73 Å². The Kier molecular flexibility index (Phi) is 5.21. The molecule has 25 heavy (non-hydrogen) atoms. The fourth-order valence-corrected chi connectivity index (χ4v) is 3.40. The summed E-state index contributed by atoms with van der Waals surface area (Å²) >= 11 is 0. The Bertz CT molecular complexity index is 810. The van der Waals surface area contributed by atoms with Crippen molar-refractivity contribution >= 4 is 12.4 Å². The fraction of sp³-hybridized carbons (Fsp3) is 0.300. The van der Waals surface area contributed by atoms with E-state index in [1.54, 1.807) is 0 Å². The molecule has 0 unspecified atom stereocenters. The lowest BCUT2D eigenvalue weighted by atomic mass is 9.65. The van der Waals surface area contributed by atoms with E-state index in [0.29, 0.717) is 12.4 Å². The van der Waals surface area contributed by atoms with Gasteiger partial charge in [0.15, 0.2) is 0 Å². The summed E-state index contributed by atoms with van der Waals surface area (Å²) < 4.78 is 5.67. The van der Waals surface area contributed by atoms with Crippen molar-refractivity contribution in [2.75, 3.05) is 0 Å². The normalized spacial score (nSPS) is 15.2. The lowest BCUT2D eigenvalue weighted by Gasteiger charge is -2.38. The Morgan fingerprint density at radius 1 is 0.960 bits per heavy atom. The number of hydrogen-bond donors (Lipinski definition) is 1. The first-order valence-corrected chi connectivity index (χ1v) is 8.47. The molecule has 2 aromatic carbocycles. The number of hydrogen-bond acceptors (Lipinski definition) is 4. The predicted octanol–water partition coefficient (Wildman–Crippen LogP) is 4.28. The predicted molar refractivity (Wildman–Crippen MR) is 101 cm³/mol. The molecular formula is C20H22ClN3O. The lowest BCUT2D eigenvalue weighted by Crippen LogP contribution is -2.36.